The summed E-state index contributed by atoms with van der Waals surface area (Å²) in [6.45, 7) is 5.01. The second kappa shape index (κ2) is 9.92. The lowest BCUT2D eigenvalue weighted by Gasteiger charge is -2.11. The number of halogens is 1. The molecule has 0 bridgehead atoms. The number of para-hydroxylation sites is 1. The first-order valence-electron chi connectivity index (χ1n) is 10.8. The molecule has 0 unspecified atom stereocenters. The second-order valence-electron chi connectivity index (χ2n) is 8.02. The van der Waals surface area contributed by atoms with E-state index in [1.165, 1.54) is 0 Å². The van der Waals surface area contributed by atoms with Crippen LogP contribution in [0.4, 0.5) is 0 Å². The Labute approximate surface area is 193 Å². The molecule has 0 aliphatic heterocycles. The monoisotopic (exact) mass is 446 g/mol. The minimum Gasteiger partial charge on any atom is -0.494 e. The largest absolute Gasteiger partial charge is 0.494 e. The molecular weight excluding hydrogens is 420 g/mol. The summed E-state index contributed by atoms with van der Waals surface area (Å²) in [5.41, 5.74) is 5.71. The highest BCUT2D eigenvalue weighted by atomic mass is 35.5. The number of hydrogen-bond donors (Lipinski definition) is 2. The third-order valence-corrected chi connectivity index (χ3v) is 6.18. The number of carbonyl (C=O) groups excluding carboxylic acids is 1. The van der Waals surface area contributed by atoms with Gasteiger partial charge in [-0.15, -0.1) is 0 Å². The minimum atomic E-state index is -0.0927. The Balaban J connectivity index is 1.45. The van der Waals surface area contributed by atoms with Crippen LogP contribution in [0.25, 0.3) is 10.9 Å². The van der Waals surface area contributed by atoms with Gasteiger partial charge in [0.25, 0.3) is 5.91 Å². The van der Waals surface area contributed by atoms with Crippen LogP contribution >= 0.6 is 11.6 Å². The standard InChI is InChI=1S/C27H27ClN2O2/c1-18-15-21(16-19(2)25(18)28)32-14-8-12-23-22-11-6-7-13-24(22)30-26(23)27(31)29-17-20-9-4-3-5-10-20/h3-7,9-11,13,15-16,30H,8,12,14,17H2,1-2H3,(H,29,31). The molecule has 0 spiro atoms. The Morgan fingerprint density at radius 3 is 2.44 bits per heavy atom. The van der Waals surface area contributed by atoms with Crippen molar-refractivity contribution >= 4 is 28.4 Å². The van der Waals surface area contributed by atoms with Gasteiger partial charge in [-0.05, 0) is 67.1 Å². The molecule has 0 saturated carbocycles. The van der Waals surface area contributed by atoms with E-state index < -0.39 is 0 Å². The van der Waals surface area contributed by atoms with Gasteiger partial charge in [0.15, 0.2) is 0 Å². The van der Waals surface area contributed by atoms with E-state index in [9.17, 15) is 4.79 Å². The van der Waals surface area contributed by atoms with Gasteiger partial charge in [0.05, 0.1) is 6.61 Å². The van der Waals surface area contributed by atoms with Crippen LogP contribution in [0, 0.1) is 13.8 Å². The first-order valence-corrected chi connectivity index (χ1v) is 11.2. The summed E-state index contributed by atoms with van der Waals surface area (Å²) in [5, 5.41) is 4.90. The summed E-state index contributed by atoms with van der Waals surface area (Å²) < 4.78 is 5.97. The Kier molecular flexibility index (Phi) is 6.81. The topological polar surface area (TPSA) is 54.1 Å². The fraction of sp³-hybridized carbons (Fsp3) is 0.222. The van der Waals surface area contributed by atoms with E-state index in [0.29, 0.717) is 18.8 Å². The SMILES string of the molecule is Cc1cc(OCCCc2c(C(=O)NCc3ccccc3)[nH]c3ccccc23)cc(C)c1Cl. The Bertz CT molecular complexity index is 1210. The summed E-state index contributed by atoms with van der Waals surface area (Å²) in [4.78, 5) is 16.3. The van der Waals surface area contributed by atoms with Crippen LogP contribution in [0.15, 0.2) is 66.7 Å². The predicted octanol–water partition coefficient (Wildman–Crippen LogP) is 6.38. The first kappa shape index (κ1) is 22.0. The molecule has 1 aromatic heterocycles. The lowest BCUT2D eigenvalue weighted by atomic mass is 10.0. The molecule has 164 valence electrons. The minimum absolute atomic E-state index is 0.0927. The van der Waals surface area contributed by atoms with Gasteiger partial charge in [0.1, 0.15) is 11.4 Å². The van der Waals surface area contributed by atoms with Crippen molar-refractivity contribution in [3.8, 4) is 5.75 Å². The molecule has 4 rings (SSSR count). The van der Waals surface area contributed by atoms with Crippen molar-refractivity contribution in [3.05, 3.63) is 99.7 Å². The number of aryl methyl sites for hydroxylation is 3. The quantitative estimate of drug-likeness (QED) is 0.308. The molecule has 0 aliphatic rings. The second-order valence-corrected chi connectivity index (χ2v) is 8.39. The molecule has 1 amide bonds. The zero-order valence-electron chi connectivity index (χ0n) is 18.4. The normalized spacial score (nSPS) is 11.0. The highest BCUT2D eigenvalue weighted by molar-refractivity contribution is 6.32. The Hall–Kier alpha value is -3.24. The summed E-state index contributed by atoms with van der Waals surface area (Å²) in [6.07, 6.45) is 1.53. The molecule has 0 saturated heterocycles. The summed E-state index contributed by atoms with van der Waals surface area (Å²) >= 11 is 6.25. The van der Waals surface area contributed by atoms with Gasteiger partial charge in [-0.3, -0.25) is 4.79 Å². The van der Waals surface area contributed by atoms with Crippen LogP contribution in [0.2, 0.25) is 5.02 Å². The highest BCUT2D eigenvalue weighted by Gasteiger charge is 2.17. The van der Waals surface area contributed by atoms with Crippen molar-refractivity contribution in [1.82, 2.24) is 10.3 Å². The van der Waals surface area contributed by atoms with Gasteiger partial charge >= 0.3 is 0 Å². The number of benzene rings is 3. The molecule has 1 heterocycles. The van der Waals surface area contributed by atoms with Gasteiger partial charge in [-0.1, -0.05) is 60.1 Å². The Morgan fingerprint density at radius 2 is 1.69 bits per heavy atom. The Morgan fingerprint density at radius 1 is 1.00 bits per heavy atom. The number of aromatic amines is 1. The smallest absolute Gasteiger partial charge is 0.268 e. The molecule has 4 aromatic rings. The number of H-pyrrole nitrogens is 1. The van der Waals surface area contributed by atoms with E-state index >= 15 is 0 Å². The number of ether oxygens (including phenoxy) is 1. The molecule has 0 aliphatic carbocycles. The van der Waals surface area contributed by atoms with Crippen molar-refractivity contribution in [2.75, 3.05) is 6.61 Å². The van der Waals surface area contributed by atoms with Gasteiger partial charge in [-0.25, -0.2) is 0 Å². The van der Waals surface area contributed by atoms with Crippen LogP contribution in [0.5, 0.6) is 5.75 Å². The van der Waals surface area contributed by atoms with E-state index in [4.69, 9.17) is 16.3 Å². The van der Waals surface area contributed by atoms with Gasteiger partial charge in [0, 0.05) is 22.5 Å². The molecule has 5 heteroatoms. The van der Waals surface area contributed by atoms with Crippen LogP contribution in [-0.2, 0) is 13.0 Å². The number of rotatable bonds is 8. The van der Waals surface area contributed by atoms with Crippen molar-refractivity contribution in [3.63, 3.8) is 0 Å². The van der Waals surface area contributed by atoms with Crippen LogP contribution < -0.4 is 10.1 Å². The lowest BCUT2D eigenvalue weighted by Crippen LogP contribution is -2.24. The van der Waals surface area contributed by atoms with E-state index in [1.807, 2.05) is 74.5 Å². The van der Waals surface area contributed by atoms with Crippen molar-refractivity contribution in [2.45, 2.75) is 33.2 Å². The maximum atomic E-state index is 13.0. The van der Waals surface area contributed by atoms with E-state index in [0.717, 1.165) is 56.8 Å². The molecule has 32 heavy (non-hydrogen) atoms. The predicted molar refractivity (Wildman–Crippen MR) is 131 cm³/mol. The van der Waals surface area contributed by atoms with Crippen molar-refractivity contribution in [1.29, 1.82) is 0 Å². The summed E-state index contributed by atoms with van der Waals surface area (Å²) in [7, 11) is 0. The molecule has 0 fully saturated rings. The fourth-order valence-electron chi connectivity index (χ4n) is 3.95. The number of aromatic nitrogens is 1. The zero-order valence-corrected chi connectivity index (χ0v) is 19.1. The first-order chi connectivity index (χ1) is 15.5. The number of carbonyl (C=O) groups is 1. The molecular formula is C27H27ClN2O2. The average molecular weight is 447 g/mol. The third-order valence-electron chi connectivity index (χ3n) is 5.59. The molecule has 4 nitrogen and oxygen atoms in total. The summed E-state index contributed by atoms with van der Waals surface area (Å²) in [6, 6.07) is 21.9. The molecule has 3 aromatic carbocycles. The van der Waals surface area contributed by atoms with Gasteiger partial charge < -0.3 is 15.0 Å². The third kappa shape index (κ3) is 4.97. The number of nitrogens with one attached hydrogen (secondary N) is 2. The van der Waals surface area contributed by atoms with Crippen molar-refractivity contribution < 1.29 is 9.53 Å². The number of hydrogen-bond acceptors (Lipinski definition) is 2. The van der Waals surface area contributed by atoms with Gasteiger partial charge in [0.2, 0.25) is 0 Å². The zero-order chi connectivity index (χ0) is 22.5. The van der Waals surface area contributed by atoms with E-state index in [1.54, 1.807) is 0 Å². The van der Waals surface area contributed by atoms with Crippen LogP contribution in [0.1, 0.15) is 39.2 Å². The maximum absolute atomic E-state index is 13.0. The number of fused-ring (bicyclic) bond motifs is 1. The highest BCUT2D eigenvalue weighted by Crippen LogP contribution is 2.27. The molecule has 2 N–H and O–H groups in total. The van der Waals surface area contributed by atoms with Crippen LogP contribution in [-0.4, -0.2) is 17.5 Å². The van der Waals surface area contributed by atoms with Gasteiger partial charge in [-0.2, -0.15) is 0 Å². The van der Waals surface area contributed by atoms with E-state index in [2.05, 4.69) is 16.4 Å². The fourth-order valence-corrected chi connectivity index (χ4v) is 4.06. The average Bonchev–Trinajstić information content (AvgIpc) is 3.18. The summed E-state index contributed by atoms with van der Waals surface area (Å²) in [5.74, 6) is 0.731. The van der Waals surface area contributed by atoms with Crippen LogP contribution in [0.3, 0.4) is 0 Å². The van der Waals surface area contributed by atoms with E-state index in [-0.39, 0.29) is 5.91 Å². The maximum Gasteiger partial charge on any atom is 0.268 e. The lowest BCUT2D eigenvalue weighted by molar-refractivity contribution is 0.0945. The molecule has 0 atom stereocenters. The molecule has 0 radical (unpaired) electrons. The number of amides is 1. The van der Waals surface area contributed by atoms with Crippen molar-refractivity contribution in [2.24, 2.45) is 0 Å².